The van der Waals surface area contributed by atoms with E-state index < -0.39 is 0 Å². The minimum absolute atomic E-state index is 0. The van der Waals surface area contributed by atoms with Gasteiger partial charge in [-0.1, -0.05) is 0 Å². The van der Waals surface area contributed by atoms with E-state index in [1.807, 2.05) is 0 Å². The Labute approximate surface area is 74.6 Å². The zero-order valence-electron chi connectivity index (χ0n) is 2.43. The van der Waals surface area contributed by atoms with Crippen molar-refractivity contribution in [2.45, 2.75) is 0 Å². The van der Waals surface area contributed by atoms with Crippen LogP contribution in [0.4, 0.5) is 0 Å². The van der Waals surface area contributed by atoms with Crippen LogP contribution in [0.25, 0.3) is 0 Å². The van der Waals surface area contributed by atoms with Gasteiger partial charge in [-0.2, -0.15) is 13.5 Å². The Morgan fingerprint density at radius 2 is 0.600 bits per heavy atom. The summed E-state index contributed by atoms with van der Waals surface area (Å²) in [7, 11) is 0. The first-order chi connectivity index (χ1) is 0. The Hall–Kier alpha value is 2.04. The minimum atomic E-state index is 0. The predicted octanol–water partition coefficient (Wildman–Crippen LogP) is 0.194. The molecule has 0 atom stereocenters. The van der Waals surface area contributed by atoms with E-state index >= 15 is 0 Å². The molecule has 0 N–H and O–H groups in total. The number of hydrogen-bond acceptors (Lipinski definition) is 0. The molecule has 0 aliphatic heterocycles. The molecule has 0 saturated carbocycles. The van der Waals surface area contributed by atoms with Crippen molar-refractivity contribution in [3.8, 4) is 0 Å². The Morgan fingerprint density at radius 3 is 0.600 bits per heavy atom. The summed E-state index contributed by atoms with van der Waals surface area (Å²) in [6, 6.07) is 0. The molecule has 0 radical (unpaired) electrons. The molecule has 0 nitrogen and oxygen atoms in total. The molecule has 0 aromatic rings. The Kier molecular flexibility index (Phi) is 456. The molecule has 0 bridgehead atoms. The van der Waals surface area contributed by atoms with Crippen molar-refractivity contribution in [3.63, 3.8) is 0 Å². The summed E-state index contributed by atoms with van der Waals surface area (Å²) in [4.78, 5) is 0. The number of hydrogen-bond donors (Lipinski definition) is 0. The van der Waals surface area contributed by atoms with Crippen LogP contribution in [0.15, 0.2) is 0 Å². The van der Waals surface area contributed by atoms with Crippen molar-refractivity contribution in [3.05, 3.63) is 0 Å². The maximum absolute atomic E-state index is 0. The van der Waals surface area contributed by atoms with Gasteiger partial charge in [0.1, 0.15) is 0 Å². The zero-order valence-corrected chi connectivity index (χ0v) is 9.92. The molecule has 0 heterocycles. The van der Waals surface area contributed by atoms with Gasteiger partial charge in [-0.25, -0.2) is 0 Å². The molecule has 0 amide bonds. The SMILES string of the molecule is Cl.Cl.Cl.S.[SbH3]. The fraction of sp³-hybridized carbons (Fsp3) is 0. The predicted molar refractivity (Wildman–Crippen MR) is 42.1 cm³/mol. The van der Waals surface area contributed by atoms with E-state index in [-0.39, 0.29) is 75.1 Å². The van der Waals surface area contributed by atoms with Crippen molar-refractivity contribution in [1.29, 1.82) is 0 Å². The molecule has 40 valence electrons. The summed E-state index contributed by atoms with van der Waals surface area (Å²) in [6.07, 6.45) is 0. The Bertz CT molecular complexity index is 6.85. The summed E-state index contributed by atoms with van der Waals surface area (Å²) < 4.78 is 0. The second-order valence-electron chi connectivity index (χ2n) is 0. The fourth-order valence-electron chi connectivity index (χ4n) is 0. The van der Waals surface area contributed by atoms with Gasteiger partial charge in [-0.05, 0) is 0 Å². The molecule has 0 saturated heterocycles. The van der Waals surface area contributed by atoms with Crippen molar-refractivity contribution in [2.24, 2.45) is 0 Å². The van der Waals surface area contributed by atoms with Gasteiger partial charge >= 0.3 is 24.4 Å². The second kappa shape index (κ2) is 36.9. The van der Waals surface area contributed by atoms with Crippen LogP contribution in [-0.4, -0.2) is 24.4 Å². The van der Waals surface area contributed by atoms with Crippen molar-refractivity contribution < 1.29 is 0 Å². The average Bonchev–Trinajstić information content (AvgIpc) is 0. The molecule has 0 rings (SSSR count). The van der Waals surface area contributed by atoms with Crippen LogP contribution in [0.3, 0.4) is 0 Å². The standard InChI is InChI=1S/3ClH.H2S.Sb.3H/h3*1H;1H2;;;;. The fourth-order valence-corrected chi connectivity index (χ4v) is 0. The number of halogens is 3. The van der Waals surface area contributed by atoms with Crippen molar-refractivity contribution >= 4 is 75.1 Å². The van der Waals surface area contributed by atoms with Crippen LogP contribution in [0.1, 0.15) is 0 Å². The summed E-state index contributed by atoms with van der Waals surface area (Å²) in [5.74, 6) is 0. The second-order valence-corrected chi connectivity index (χ2v) is 0. The molecule has 0 unspecified atom stereocenters. The molecule has 0 aromatic heterocycles. The summed E-state index contributed by atoms with van der Waals surface area (Å²) in [5.41, 5.74) is 0. The quantitative estimate of drug-likeness (QED) is 0.550. The van der Waals surface area contributed by atoms with E-state index in [0.29, 0.717) is 0 Å². The monoisotopic (exact) mass is 266 g/mol. The van der Waals surface area contributed by atoms with Gasteiger partial charge < -0.3 is 0 Å². The third-order valence-electron chi connectivity index (χ3n) is 0. The first kappa shape index (κ1) is 61.8. The average molecular weight is 268 g/mol. The normalized spacial score (nSPS) is 0. The molecule has 5 heavy (non-hydrogen) atoms. The third-order valence-corrected chi connectivity index (χ3v) is 0. The van der Waals surface area contributed by atoms with Gasteiger partial charge in [0.05, 0.1) is 0 Å². The third kappa shape index (κ3) is 23.7. The molecule has 0 aromatic carbocycles. The van der Waals surface area contributed by atoms with Crippen LogP contribution < -0.4 is 0 Å². The summed E-state index contributed by atoms with van der Waals surface area (Å²) >= 11 is 0. The topological polar surface area (TPSA) is 0 Å². The molecular formula is H8Cl3SSb. The van der Waals surface area contributed by atoms with Crippen LogP contribution in [0.2, 0.25) is 0 Å². The van der Waals surface area contributed by atoms with E-state index in [1.54, 1.807) is 0 Å². The van der Waals surface area contributed by atoms with E-state index in [4.69, 9.17) is 0 Å². The van der Waals surface area contributed by atoms with E-state index in [0.717, 1.165) is 0 Å². The van der Waals surface area contributed by atoms with Gasteiger partial charge in [-0.15, -0.1) is 37.2 Å². The Balaban J connectivity index is 0. The van der Waals surface area contributed by atoms with E-state index in [1.165, 1.54) is 0 Å². The molecule has 0 aliphatic rings. The van der Waals surface area contributed by atoms with Crippen LogP contribution in [0, 0.1) is 0 Å². The van der Waals surface area contributed by atoms with Crippen LogP contribution in [0.5, 0.6) is 0 Å². The van der Waals surface area contributed by atoms with E-state index in [9.17, 15) is 0 Å². The molecular weight excluding hydrogens is 260 g/mol. The van der Waals surface area contributed by atoms with E-state index in [2.05, 4.69) is 0 Å². The van der Waals surface area contributed by atoms with Crippen molar-refractivity contribution in [1.82, 2.24) is 0 Å². The zero-order chi connectivity index (χ0) is 0. The van der Waals surface area contributed by atoms with Gasteiger partial charge in [0.2, 0.25) is 0 Å². The van der Waals surface area contributed by atoms with Gasteiger partial charge in [0.25, 0.3) is 0 Å². The maximum atomic E-state index is 0. The number of rotatable bonds is 0. The first-order valence-corrected chi connectivity index (χ1v) is 0. The molecule has 0 spiro atoms. The Morgan fingerprint density at radius 1 is 0.600 bits per heavy atom. The molecule has 5 heteroatoms. The summed E-state index contributed by atoms with van der Waals surface area (Å²) in [6.45, 7) is 0. The van der Waals surface area contributed by atoms with Crippen LogP contribution >= 0.6 is 50.7 Å². The van der Waals surface area contributed by atoms with Gasteiger partial charge in [0, 0.05) is 0 Å². The van der Waals surface area contributed by atoms with Gasteiger partial charge in [-0.3, -0.25) is 0 Å². The molecule has 0 fully saturated rings. The van der Waals surface area contributed by atoms with Gasteiger partial charge in [0.15, 0.2) is 0 Å². The first-order valence-electron chi connectivity index (χ1n) is 0. The van der Waals surface area contributed by atoms with Crippen LogP contribution in [-0.2, 0) is 0 Å². The van der Waals surface area contributed by atoms with Crippen molar-refractivity contribution in [2.75, 3.05) is 0 Å². The molecule has 0 aliphatic carbocycles. The summed E-state index contributed by atoms with van der Waals surface area (Å²) in [5, 5.41) is 0.